The molecule has 14 aromatic carbocycles. The van der Waals surface area contributed by atoms with Crippen molar-refractivity contribution in [2.45, 2.75) is 0 Å². The van der Waals surface area contributed by atoms with Crippen LogP contribution in [0.1, 0.15) is 0 Å². The first kappa shape index (κ1) is 36.1. The van der Waals surface area contributed by atoms with Gasteiger partial charge < -0.3 is 4.90 Å². The standard InChI is InChI=1S/C42H25N.C22H11Cl/c1-2-12-30(13-3-1)43(39-24-28-9-4-5-14-32(28)33-15-6-7-16-35(33)39)31-20-22-34-36-21-19-27-18-17-26-10-8-11-29-23-38(37(34)25-31)42(36)41(27)40(26)29;23-15-7-9-16-17-8-6-13-5-4-12-2-1-3-14-10-19(18(16)11-15)22(17)21(13)20(12)14/h1-25H;1-11H. The van der Waals surface area contributed by atoms with Crippen molar-refractivity contribution in [3.8, 4) is 44.5 Å². The molecule has 16 rings (SSSR count). The summed E-state index contributed by atoms with van der Waals surface area (Å²) in [7, 11) is 0. The Labute approximate surface area is 385 Å². The molecule has 0 N–H and O–H groups in total. The van der Waals surface area contributed by atoms with Crippen molar-refractivity contribution in [3.63, 3.8) is 0 Å². The van der Waals surface area contributed by atoms with E-state index in [4.69, 9.17) is 11.6 Å². The van der Waals surface area contributed by atoms with E-state index in [0.717, 1.165) is 16.4 Å². The van der Waals surface area contributed by atoms with Crippen LogP contribution in [0.15, 0.2) is 218 Å². The summed E-state index contributed by atoms with van der Waals surface area (Å²) in [5.74, 6) is 0. The number of anilines is 3. The Morgan fingerprint density at radius 1 is 0.242 bits per heavy atom. The fraction of sp³-hybridized carbons (Fsp3) is 0. The Kier molecular flexibility index (Phi) is 7.34. The second-order valence-electron chi connectivity index (χ2n) is 18.1. The van der Waals surface area contributed by atoms with E-state index in [2.05, 4.69) is 217 Å². The highest BCUT2D eigenvalue weighted by molar-refractivity contribution is 6.35. The van der Waals surface area contributed by atoms with Gasteiger partial charge in [0.25, 0.3) is 0 Å². The lowest BCUT2D eigenvalue weighted by molar-refractivity contribution is 1.30. The fourth-order valence-electron chi connectivity index (χ4n) is 11.9. The van der Waals surface area contributed by atoms with Crippen molar-refractivity contribution in [1.29, 1.82) is 0 Å². The van der Waals surface area contributed by atoms with Crippen LogP contribution in [0.25, 0.3) is 131 Å². The quantitative estimate of drug-likeness (QED) is 0.160. The minimum atomic E-state index is 0.797. The van der Waals surface area contributed by atoms with Gasteiger partial charge in [-0.15, -0.1) is 0 Å². The molecule has 0 amide bonds. The summed E-state index contributed by atoms with van der Waals surface area (Å²) in [6, 6.07) is 80.1. The lowest BCUT2D eigenvalue weighted by Crippen LogP contribution is -2.10. The van der Waals surface area contributed by atoms with E-state index in [0.29, 0.717) is 0 Å². The van der Waals surface area contributed by atoms with Crippen LogP contribution in [-0.4, -0.2) is 0 Å². The molecule has 0 heterocycles. The van der Waals surface area contributed by atoms with Crippen LogP contribution in [0.5, 0.6) is 0 Å². The third-order valence-corrected chi connectivity index (χ3v) is 14.9. The number of para-hydroxylation sites is 1. The van der Waals surface area contributed by atoms with E-state index >= 15 is 0 Å². The summed E-state index contributed by atoms with van der Waals surface area (Å²) < 4.78 is 0. The van der Waals surface area contributed by atoms with Crippen molar-refractivity contribution in [2.24, 2.45) is 0 Å². The van der Waals surface area contributed by atoms with Gasteiger partial charge in [-0.2, -0.15) is 0 Å². The molecule has 1 nitrogen and oxygen atoms in total. The highest BCUT2D eigenvalue weighted by Crippen LogP contribution is 2.55. The Morgan fingerprint density at radius 2 is 0.727 bits per heavy atom. The van der Waals surface area contributed by atoms with Crippen LogP contribution in [0.2, 0.25) is 5.02 Å². The number of rotatable bonds is 3. The summed E-state index contributed by atoms with van der Waals surface area (Å²) in [5.41, 5.74) is 14.0. The molecule has 0 atom stereocenters. The SMILES string of the molecule is Clc1ccc2c(c1)-c1cc3cccc4ccc5ccc-2c1c5c43.c1ccc(N(c2ccc3c(c2)-c2cc4cccc5ccc6ccc-3c2c6c54)c2cc3ccccc3c3ccccc23)cc1. The molecule has 2 aliphatic rings. The molecule has 66 heavy (non-hydrogen) atoms. The maximum Gasteiger partial charge on any atom is 0.0546 e. The molecule has 2 heteroatoms. The van der Waals surface area contributed by atoms with Crippen LogP contribution in [0, 0.1) is 0 Å². The van der Waals surface area contributed by atoms with Crippen LogP contribution in [-0.2, 0) is 0 Å². The molecule has 0 aromatic heterocycles. The molecule has 14 aromatic rings. The first-order chi connectivity index (χ1) is 32.6. The first-order valence-corrected chi connectivity index (χ1v) is 23.1. The van der Waals surface area contributed by atoms with E-state index in [1.165, 1.54) is 136 Å². The van der Waals surface area contributed by atoms with Gasteiger partial charge in [-0.1, -0.05) is 175 Å². The molecule has 0 saturated carbocycles. The second kappa shape index (κ2) is 13.4. The molecule has 0 aliphatic heterocycles. The largest absolute Gasteiger partial charge is 0.310 e. The number of nitrogens with zero attached hydrogens (tertiary/aromatic N) is 1. The van der Waals surface area contributed by atoms with Crippen LogP contribution in [0.3, 0.4) is 0 Å². The van der Waals surface area contributed by atoms with Crippen molar-refractivity contribution in [1.82, 2.24) is 0 Å². The Morgan fingerprint density at radius 3 is 1.38 bits per heavy atom. The van der Waals surface area contributed by atoms with Crippen LogP contribution < -0.4 is 4.90 Å². The Hall–Kier alpha value is -8.23. The zero-order valence-electron chi connectivity index (χ0n) is 35.6. The van der Waals surface area contributed by atoms with E-state index in [9.17, 15) is 0 Å². The molecular weight excluding hydrogens is 818 g/mol. The highest BCUT2D eigenvalue weighted by atomic mass is 35.5. The van der Waals surface area contributed by atoms with E-state index in [-0.39, 0.29) is 0 Å². The minimum Gasteiger partial charge on any atom is -0.310 e. The molecule has 0 radical (unpaired) electrons. The van der Waals surface area contributed by atoms with Gasteiger partial charge in [-0.25, -0.2) is 0 Å². The maximum atomic E-state index is 6.28. The lowest BCUT2D eigenvalue weighted by atomic mass is 9.91. The van der Waals surface area contributed by atoms with Crippen LogP contribution in [0.4, 0.5) is 17.1 Å². The number of benzene rings is 14. The van der Waals surface area contributed by atoms with E-state index in [1.54, 1.807) is 0 Å². The molecule has 0 fully saturated rings. The second-order valence-corrected chi connectivity index (χ2v) is 18.5. The lowest BCUT2D eigenvalue weighted by Gasteiger charge is -2.28. The first-order valence-electron chi connectivity index (χ1n) is 22.8. The van der Waals surface area contributed by atoms with Crippen LogP contribution >= 0.6 is 11.6 Å². The molecule has 0 spiro atoms. The van der Waals surface area contributed by atoms with E-state index < -0.39 is 0 Å². The summed E-state index contributed by atoms with van der Waals surface area (Å²) in [6.07, 6.45) is 0. The Balaban J connectivity index is 0.000000146. The molecule has 304 valence electrons. The van der Waals surface area contributed by atoms with Crippen molar-refractivity contribution in [2.75, 3.05) is 4.90 Å². The van der Waals surface area contributed by atoms with Crippen molar-refractivity contribution in [3.05, 3.63) is 223 Å². The number of hydrogen-bond acceptors (Lipinski definition) is 1. The number of hydrogen-bond donors (Lipinski definition) is 0. The third-order valence-electron chi connectivity index (χ3n) is 14.7. The van der Waals surface area contributed by atoms with Gasteiger partial charge in [-0.3, -0.25) is 0 Å². The molecule has 2 aliphatic carbocycles. The molecule has 0 saturated heterocycles. The monoisotopic (exact) mass is 853 g/mol. The van der Waals surface area contributed by atoms with Crippen molar-refractivity contribution >= 4 is 115 Å². The average molecular weight is 854 g/mol. The number of fused-ring (bicyclic) bond motifs is 9. The zero-order valence-corrected chi connectivity index (χ0v) is 36.4. The average Bonchev–Trinajstić information content (AvgIpc) is 3.86. The number of halogens is 1. The smallest absolute Gasteiger partial charge is 0.0546 e. The predicted octanol–water partition coefficient (Wildman–Crippen LogP) is 18.9. The van der Waals surface area contributed by atoms with E-state index in [1.807, 2.05) is 6.07 Å². The Bertz CT molecular complexity index is 4360. The molecule has 0 unspecified atom stereocenters. The summed E-state index contributed by atoms with van der Waals surface area (Å²) in [6.45, 7) is 0. The van der Waals surface area contributed by atoms with Gasteiger partial charge in [0.1, 0.15) is 0 Å². The van der Waals surface area contributed by atoms with Gasteiger partial charge >= 0.3 is 0 Å². The molecule has 0 bridgehead atoms. The minimum absolute atomic E-state index is 0.797. The summed E-state index contributed by atoms with van der Waals surface area (Å²) in [4.78, 5) is 2.44. The fourth-order valence-corrected chi connectivity index (χ4v) is 12.1. The topological polar surface area (TPSA) is 3.24 Å². The van der Waals surface area contributed by atoms with Gasteiger partial charge in [0.15, 0.2) is 0 Å². The summed E-state index contributed by atoms with van der Waals surface area (Å²) in [5, 5.41) is 22.0. The van der Waals surface area contributed by atoms with Gasteiger partial charge in [0, 0.05) is 21.8 Å². The van der Waals surface area contributed by atoms with Gasteiger partial charge in [-0.05, 0) is 180 Å². The van der Waals surface area contributed by atoms with Gasteiger partial charge in [0.05, 0.1) is 5.69 Å². The van der Waals surface area contributed by atoms with Gasteiger partial charge in [0.2, 0.25) is 0 Å². The summed E-state index contributed by atoms with van der Waals surface area (Å²) >= 11 is 6.28. The predicted molar refractivity (Wildman–Crippen MR) is 284 cm³/mol. The third kappa shape index (κ3) is 4.95. The normalized spacial score (nSPS) is 12.3. The molecular formula is C64H36ClN. The van der Waals surface area contributed by atoms with Crippen molar-refractivity contribution < 1.29 is 0 Å². The zero-order chi connectivity index (χ0) is 43.2. The highest BCUT2D eigenvalue weighted by Gasteiger charge is 2.28. The maximum absolute atomic E-state index is 6.28.